The number of amides is 3. The van der Waals surface area contributed by atoms with Crippen LogP contribution in [0, 0.1) is 6.92 Å². The summed E-state index contributed by atoms with van der Waals surface area (Å²) in [6, 6.07) is 5.37. The number of benzene rings is 1. The highest BCUT2D eigenvalue weighted by atomic mass is 16.6. The van der Waals surface area contributed by atoms with Crippen molar-refractivity contribution < 1.29 is 28.6 Å². The zero-order chi connectivity index (χ0) is 22.6. The number of nitrogens with zero attached hydrogens (tertiary/aromatic N) is 1. The van der Waals surface area contributed by atoms with Crippen LogP contribution in [0.25, 0.3) is 0 Å². The van der Waals surface area contributed by atoms with Gasteiger partial charge >= 0.3 is 6.09 Å². The normalized spacial score (nSPS) is 22.1. The molecule has 0 radical (unpaired) electrons. The van der Waals surface area contributed by atoms with E-state index in [4.69, 9.17) is 14.2 Å². The smallest absolute Gasteiger partial charge is 0.408 e. The topological polar surface area (TPSA) is 106 Å². The van der Waals surface area contributed by atoms with Crippen LogP contribution in [-0.4, -0.2) is 62.0 Å². The first kappa shape index (κ1) is 23.0. The fourth-order valence-corrected chi connectivity index (χ4v) is 3.62. The number of aryl methyl sites for hydroxylation is 1. The molecule has 0 bridgehead atoms. The first-order valence-corrected chi connectivity index (χ1v) is 10.5. The Hall–Kier alpha value is -2.65. The van der Waals surface area contributed by atoms with Gasteiger partial charge in [-0.2, -0.15) is 0 Å². The van der Waals surface area contributed by atoms with Crippen LogP contribution in [0.4, 0.5) is 16.2 Å². The van der Waals surface area contributed by atoms with Crippen molar-refractivity contribution in [1.82, 2.24) is 5.32 Å². The van der Waals surface area contributed by atoms with Crippen molar-refractivity contribution >= 4 is 29.3 Å². The second kappa shape index (κ2) is 9.23. The molecule has 0 saturated carbocycles. The predicted octanol–water partition coefficient (Wildman–Crippen LogP) is 2.37. The fraction of sp³-hybridized carbons (Fsp3) is 0.591. The largest absolute Gasteiger partial charge is 0.444 e. The molecule has 3 amide bonds. The SMILES string of the molecule is Cc1cc(NC(=O)C2(NC(=O)OC(C)(C)C)CCOC2)ccc1N1CCOCCC1=O. The van der Waals surface area contributed by atoms with E-state index in [0.29, 0.717) is 44.9 Å². The molecule has 1 atom stereocenters. The zero-order valence-electron chi connectivity index (χ0n) is 18.6. The maximum atomic E-state index is 13.1. The third-order valence-corrected chi connectivity index (χ3v) is 5.16. The number of nitrogens with one attached hydrogen (secondary N) is 2. The molecule has 2 heterocycles. The Labute approximate surface area is 182 Å². The van der Waals surface area contributed by atoms with Gasteiger partial charge in [-0.15, -0.1) is 0 Å². The molecule has 1 unspecified atom stereocenters. The first-order chi connectivity index (χ1) is 14.6. The van der Waals surface area contributed by atoms with Crippen LogP contribution in [0.2, 0.25) is 0 Å². The van der Waals surface area contributed by atoms with Gasteiger partial charge in [0.25, 0.3) is 5.91 Å². The molecule has 170 valence electrons. The van der Waals surface area contributed by atoms with Crippen LogP contribution in [0.1, 0.15) is 39.2 Å². The number of anilines is 2. The average Bonchev–Trinajstić information content (AvgIpc) is 3.03. The quantitative estimate of drug-likeness (QED) is 0.755. The molecule has 0 aromatic heterocycles. The van der Waals surface area contributed by atoms with Crippen molar-refractivity contribution in [2.24, 2.45) is 0 Å². The number of ether oxygens (including phenoxy) is 3. The number of rotatable bonds is 4. The highest BCUT2D eigenvalue weighted by Crippen LogP contribution is 2.27. The van der Waals surface area contributed by atoms with Crippen molar-refractivity contribution in [3.63, 3.8) is 0 Å². The summed E-state index contributed by atoms with van der Waals surface area (Å²) >= 11 is 0. The minimum absolute atomic E-state index is 0.0148. The Morgan fingerprint density at radius 1 is 1.16 bits per heavy atom. The Morgan fingerprint density at radius 2 is 1.94 bits per heavy atom. The summed E-state index contributed by atoms with van der Waals surface area (Å²) in [7, 11) is 0. The second-order valence-corrected chi connectivity index (χ2v) is 8.87. The van der Waals surface area contributed by atoms with Gasteiger partial charge in [-0.1, -0.05) is 0 Å². The summed E-state index contributed by atoms with van der Waals surface area (Å²) in [6.07, 6.45) is 0.0235. The van der Waals surface area contributed by atoms with E-state index in [9.17, 15) is 14.4 Å². The number of carbonyl (C=O) groups is 3. The van der Waals surface area contributed by atoms with Crippen LogP contribution in [0.15, 0.2) is 18.2 Å². The van der Waals surface area contributed by atoms with Crippen molar-refractivity contribution in [2.75, 3.05) is 43.2 Å². The highest BCUT2D eigenvalue weighted by Gasteiger charge is 2.44. The molecule has 9 heteroatoms. The minimum Gasteiger partial charge on any atom is -0.444 e. The van der Waals surface area contributed by atoms with E-state index in [1.807, 2.05) is 19.1 Å². The van der Waals surface area contributed by atoms with Gasteiger partial charge < -0.3 is 29.7 Å². The van der Waals surface area contributed by atoms with Gasteiger partial charge in [-0.25, -0.2) is 4.79 Å². The highest BCUT2D eigenvalue weighted by molar-refractivity contribution is 6.01. The Bertz CT molecular complexity index is 842. The third-order valence-electron chi connectivity index (χ3n) is 5.16. The molecule has 2 N–H and O–H groups in total. The summed E-state index contributed by atoms with van der Waals surface area (Å²) < 4.78 is 16.1. The summed E-state index contributed by atoms with van der Waals surface area (Å²) in [6.45, 7) is 9.00. The average molecular weight is 434 g/mol. The summed E-state index contributed by atoms with van der Waals surface area (Å²) in [5.74, 6) is -0.358. The predicted molar refractivity (Wildman–Crippen MR) is 115 cm³/mol. The number of hydrogen-bond donors (Lipinski definition) is 2. The summed E-state index contributed by atoms with van der Waals surface area (Å²) in [4.78, 5) is 39.5. The van der Waals surface area contributed by atoms with E-state index in [1.54, 1.807) is 31.7 Å². The van der Waals surface area contributed by atoms with Gasteiger partial charge in [0.15, 0.2) is 0 Å². The lowest BCUT2D eigenvalue weighted by molar-refractivity contribution is -0.122. The van der Waals surface area contributed by atoms with E-state index in [0.717, 1.165) is 11.3 Å². The van der Waals surface area contributed by atoms with E-state index >= 15 is 0 Å². The van der Waals surface area contributed by atoms with Gasteiger partial charge in [-0.05, 0) is 51.5 Å². The minimum atomic E-state index is -1.20. The van der Waals surface area contributed by atoms with Crippen LogP contribution < -0.4 is 15.5 Å². The van der Waals surface area contributed by atoms with E-state index in [-0.39, 0.29) is 18.4 Å². The lowest BCUT2D eigenvalue weighted by Crippen LogP contribution is -2.58. The van der Waals surface area contributed by atoms with Gasteiger partial charge in [0, 0.05) is 30.9 Å². The van der Waals surface area contributed by atoms with Gasteiger partial charge in [0.1, 0.15) is 11.1 Å². The number of alkyl carbamates (subject to hydrolysis) is 1. The molecular formula is C22H31N3O6. The lowest BCUT2D eigenvalue weighted by atomic mass is 9.97. The number of hydrogen-bond acceptors (Lipinski definition) is 6. The molecule has 3 rings (SSSR count). The van der Waals surface area contributed by atoms with E-state index in [2.05, 4.69) is 10.6 Å². The molecular weight excluding hydrogens is 402 g/mol. The summed E-state index contributed by atoms with van der Waals surface area (Å²) in [5.41, 5.74) is 0.336. The van der Waals surface area contributed by atoms with Crippen molar-refractivity contribution in [2.45, 2.75) is 51.7 Å². The van der Waals surface area contributed by atoms with Crippen LogP contribution in [0.3, 0.4) is 0 Å². The molecule has 0 spiro atoms. The van der Waals surface area contributed by atoms with E-state index < -0.39 is 17.2 Å². The van der Waals surface area contributed by atoms with Gasteiger partial charge in [-0.3, -0.25) is 9.59 Å². The van der Waals surface area contributed by atoms with Crippen molar-refractivity contribution in [1.29, 1.82) is 0 Å². The Morgan fingerprint density at radius 3 is 2.58 bits per heavy atom. The molecule has 1 aromatic rings. The standard InChI is InChI=1S/C22H31N3O6/c1-15-13-16(5-6-17(15)25-9-12-29-10-7-18(25)26)23-19(27)22(8-11-30-14-22)24-20(28)31-21(2,3)4/h5-6,13H,7-12,14H2,1-4H3,(H,23,27)(H,24,28). The molecule has 2 saturated heterocycles. The molecule has 1 aromatic carbocycles. The third kappa shape index (κ3) is 5.74. The van der Waals surface area contributed by atoms with Crippen LogP contribution >= 0.6 is 0 Å². The first-order valence-electron chi connectivity index (χ1n) is 10.5. The fourth-order valence-electron chi connectivity index (χ4n) is 3.62. The molecule has 31 heavy (non-hydrogen) atoms. The van der Waals surface area contributed by atoms with Gasteiger partial charge in [0.05, 0.1) is 26.2 Å². The lowest BCUT2D eigenvalue weighted by Gasteiger charge is -2.29. The second-order valence-electron chi connectivity index (χ2n) is 8.87. The van der Waals surface area contributed by atoms with Gasteiger partial charge in [0.2, 0.25) is 5.91 Å². The Kier molecular flexibility index (Phi) is 6.86. The molecule has 2 aliphatic rings. The maximum absolute atomic E-state index is 13.1. The molecule has 0 aliphatic carbocycles. The van der Waals surface area contributed by atoms with Crippen molar-refractivity contribution in [3.8, 4) is 0 Å². The molecule has 2 fully saturated rings. The van der Waals surface area contributed by atoms with Crippen LogP contribution in [-0.2, 0) is 23.8 Å². The summed E-state index contributed by atoms with van der Waals surface area (Å²) in [5, 5.41) is 5.56. The zero-order valence-corrected chi connectivity index (χ0v) is 18.6. The number of carbonyl (C=O) groups excluding carboxylic acids is 3. The molecule has 9 nitrogen and oxygen atoms in total. The van der Waals surface area contributed by atoms with Crippen LogP contribution in [0.5, 0.6) is 0 Å². The Balaban J connectivity index is 1.73. The van der Waals surface area contributed by atoms with E-state index in [1.165, 1.54) is 0 Å². The maximum Gasteiger partial charge on any atom is 0.408 e. The molecule has 2 aliphatic heterocycles. The monoisotopic (exact) mass is 433 g/mol. The van der Waals surface area contributed by atoms with Crippen molar-refractivity contribution in [3.05, 3.63) is 23.8 Å².